The summed E-state index contributed by atoms with van der Waals surface area (Å²) >= 11 is 0. The largest absolute Gasteiger partial charge is 0.459 e. The average Bonchev–Trinajstić information content (AvgIpc) is 3.33. The number of nitrogens with one attached hydrogen (secondary N) is 1. The molecule has 3 heterocycles. The molecule has 0 radical (unpaired) electrons. The first-order valence-corrected chi connectivity index (χ1v) is 11.0. The maximum Gasteiger partial charge on any atom is 0.307 e. The van der Waals surface area contributed by atoms with E-state index in [0.717, 1.165) is 33.9 Å². The van der Waals surface area contributed by atoms with Crippen molar-refractivity contribution in [2.75, 3.05) is 0 Å². The Kier molecular flexibility index (Phi) is 6.01. The molecule has 0 bridgehead atoms. The lowest BCUT2D eigenvalue weighted by molar-refractivity contribution is -0.147. The number of benzene rings is 1. The van der Waals surface area contributed by atoms with Gasteiger partial charge in [-0.25, -0.2) is 9.97 Å². The lowest BCUT2D eigenvalue weighted by Crippen LogP contribution is -2.40. The summed E-state index contributed by atoms with van der Waals surface area (Å²) in [6.45, 7) is 9.85. The van der Waals surface area contributed by atoms with Crippen LogP contribution < -0.4 is 5.32 Å². The summed E-state index contributed by atoms with van der Waals surface area (Å²) in [5, 5.41) is 6.91. The summed E-state index contributed by atoms with van der Waals surface area (Å²) in [5.74, 6) is 0.526. The standard InChI is InChI=1S/C25H28N4O4/c1-14(2)23-26-13-18(20-10-15(3)29-33-20)22(28-23)17-8-6-16(7-9-17)12-27-24(31)19-11-21(30)32-25(19,4)5/h6-10,13-14,19H,11-12H2,1-5H3,(H,27,31). The molecular formula is C25H28N4O4. The summed E-state index contributed by atoms with van der Waals surface area (Å²) < 4.78 is 10.7. The first-order valence-electron chi connectivity index (χ1n) is 11.0. The second-order valence-corrected chi connectivity index (χ2v) is 9.23. The van der Waals surface area contributed by atoms with Crippen LogP contribution in [-0.4, -0.2) is 32.6 Å². The Hall–Kier alpha value is -3.55. The molecule has 172 valence electrons. The molecular weight excluding hydrogens is 420 g/mol. The van der Waals surface area contributed by atoms with Gasteiger partial charge in [-0.15, -0.1) is 0 Å². The van der Waals surface area contributed by atoms with Gasteiger partial charge in [0.15, 0.2) is 5.76 Å². The lowest BCUT2D eigenvalue weighted by Gasteiger charge is -2.23. The van der Waals surface area contributed by atoms with Crippen molar-refractivity contribution in [2.45, 2.75) is 59.1 Å². The topological polar surface area (TPSA) is 107 Å². The van der Waals surface area contributed by atoms with E-state index in [4.69, 9.17) is 14.2 Å². The molecule has 1 fully saturated rings. The van der Waals surface area contributed by atoms with Crippen molar-refractivity contribution in [3.63, 3.8) is 0 Å². The van der Waals surface area contributed by atoms with Crippen molar-refractivity contribution in [1.82, 2.24) is 20.4 Å². The van der Waals surface area contributed by atoms with Crippen LogP contribution in [0.4, 0.5) is 0 Å². The fourth-order valence-electron chi connectivity index (χ4n) is 3.88. The monoisotopic (exact) mass is 448 g/mol. The summed E-state index contributed by atoms with van der Waals surface area (Å²) in [6.07, 6.45) is 1.88. The molecule has 4 rings (SSSR count). The number of carbonyl (C=O) groups is 2. The van der Waals surface area contributed by atoms with Crippen LogP contribution in [0.2, 0.25) is 0 Å². The van der Waals surface area contributed by atoms with Gasteiger partial charge in [-0.3, -0.25) is 9.59 Å². The van der Waals surface area contributed by atoms with E-state index in [0.29, 0.717) is 12.3 Å². The molecule has 8 nitrogen and oxygen atoms in total. The van der Waals surface area contributed by atoms with Gasteiger partial charge in [-0.1, -0.05) is 43.3 Å². The third kappa shape index (κ3) is 4.79. The van der Waals surface area contributed by atoms with Crippen molar-refractivity contribution in [3.05, 3.63) is 53.6 Å². The van der Waals surface area contributed by atoms with Gasteiger partial charge in [0.25, 0.3) is 0 Å². The quantitative estimate of drug-likeness (QED) is 0.564. The molecule has 1 atom stereocenters. The van der Waals surface area contributed by atoms with Gasteiger partial charge in [0, 0.05) is 30.3 Å². The Morgan fingerprint density at radius 1 is 1.24 bits per heavy atom. The Balaban J connectivity index is 1.54. The second-order valence-electron chi connectivity index (χ2n) is 9.23. The van der Waals surface area contributed by atoms with Crippen molar-refractivity contribution in [3.8, 4) is 22.6 Å². The molecule has 1 aliphatic rings. The molecule has 1 saturated heterocycles. The third-order valence-electron chi connectivity index (χ3n) is 5.81. The van der Waals surface area contributed by atoms with Crippen LogP contribution in [0.3, 0.4) is 0 Å². The second kappa shape index (κ2) is 8.77. The first kappa shape index (κ1) is 22.6. The van der Waals surface area contributed by atoms with Gasteiger partial charge in [-0.05, 0) is 26.3 Å². The van der Waals surface area contributed by atoms with Crippen LogP contribution in [0.5, 0.6) is 0 Å². The number of aryl methyl sites for hydroxylation is 1. The molecule has 3 aromatic rings. The van der Waals surface area contributed by atoms with Gasteiger partial charge >= 0.3 is 5.97 Å². The average molecular weight is 449 g/mol. The Bertz CT molecular complexity index is 1180. The van der Waals surface area contributed by atoms with Gasteiger partial charge in [0.05, 0.1) is 29.3 Å². The fourth-order valence-corrected chi connectivity index (χ4v) is 3.88. The number of hydrogen-bond donors (Lipinski definition) is 1. The van der Waals surface area contributed by atoms with Crippen LogP contribution in [0.1, 0.15) is 57.1 Å². The molecule has 0 spiro atoms. The molecule has 8 heteroatoms. The number of carbonyl (C=O) groups excluding carboxylic acids is 2. The molecule has 1 N–H and O–H groups in total. The lowest BCUT2D eigenvalue weighted by atomic mass is 9.90. The van der Waals surface area contributed by atoms with Crippen molar-refractivity contribution in [2.24, 2.45) is 5.92 Å². The normalized spacial score (nSPS) is 17.3. The maximum absolute atomic E-state index is 12.6. The number of rotatable bonds is 6. The highest BCUT2D eigenvalue weighted by atomic mass is 16.6. The molecule has 1 aromatic carbocycles. The van der Waals surface area contributed by atoms with Crippen LogP contribution in [0.25, 0.3) is 22.6 Å². The Morgan fingerprint density at radius 3 is 2.55 bits per heavy atom. The highest BCUT2D eigenvalue weighted by molar-refractivity contribution is 5.87. The zero-order valence-electron chi connectivity index (χ0n) is 19.5. The van der Waals surface area contributed by atoms with E-state index in [2.05, 4.69) is 15.5 Å². The van der Waals surface area contributed by atoms with E-state index in [1.165, 1.54) is 0 Å². The molecule has 1 unspecified atom stereocenters. The summed E-state index contributed by atoms with van der Waals surface area (Å²) in [5.41, 5.74) is 3.38. The first-order chi connectivity index (χ1) is 15.6. The van der Waals surface area contributed by atoms with Crippen molar-refractivity contribution < 1.29 is 18.8 Å². The van der Waals surface area contributed by atoms with Crippen molar-refractivity contribution in [1.29, 1.82) is 0 Å². The number of hydrogen-bond acceptors (Lipinski definition) is 7. The van der Waals surface area contributed by atoms with E-state index >= 15 is 0 Å². The molecule has 1 aliphatic heterocycles. The predicted octanol–water partition coefficient (Wildman–Crippen LogP) is 4.19. The minimum Gasteiger partial charge on any atom is -0.459 e. The van der Waals surface area contributed by atoms with E-state index in [9.17, 15) is 9.59 Å². The Labute approximate surface area is 192 Å². The van der Waals surface area contributed by atoms with Crippen LogP contribution in [0, 0.1) is 12.8 Å². The highest BCUT2D eigenvalue weighted by Crippen LogP contribution is 2.33. The minimum absolute atomic E-state index is 0.105. The molecule has 0 aliphatic carbocycles. The van der Waals surface area contributed by atoms with Gasteiger partial charge in [0.2, 0.25) is 5.91 Å². The maximum atomic E-state index is 12.6. The number of cyclic esters (lactones) is 1. The van der Waals surface area contributed by atoms with Crippen LogP contribution in [0.15, 0.2) is 41.1 Å². The summed E-state index contributed by atoms with van der Waals surface area (Å²) in [4.78, 5) is 33.5. The molecule has 2 aromatic heterocycles. The van der Waals surface area contributed by atoms with E-state index in [-0.39, 0.29) is 24.2 Å². The van der Waals surface area contributed by atoms with Crippen LogP contribution >= 0.6 is 0 Å². The predicted molar refractivity (Wildman–Crippen MR) is 122 cm³/mol. The fraction of sp³-hybridized carbons (Fsp3) is 0.400. The number of amides is 1. The van der Waals surface area contributed by atoms with Crippen LogP contribution in [-0.2, 0) is 20.9 Å². The van der Waals surface area contributed by atoms with E-state index in [1.807, 2.05) is 51.1 Å². The molecule has 1 amide bonds. The zero-order chi connectivity index (χ0) is 23.8. The highest BCUT2D eigenvalue weighted by Gasteiger charge is 2.45. The summed E-state index contributed by atoms with van der Waals surface area (Å²) in [6, 6.07) is 9.69. The zero-order valence-corrected chi connectivity index (χ0v) is 19.5. The Morgan fingerprint density at radius 2 is 1.97 bits per heavy atom. The smallest absolute Gasteiger partial charge is 0.307 e. The van der Waals surface area contributed by atoms with Gasteiger partial charge < -0.3 is 14.6 Å². The van der Waals surface area contributed by atoms with E-state index < -0.39 is 11.5 Å². The number of aromatic nitrogens is 3. The molecule has 33 heavy (non-hydrogen) atoms. The number of ether oxygens (including phenoxy) is 1. The van der Waals surface area contributed by atoms with Crippen molar-refractivity contribution >= 4 is 11.9 Å². The van der Waals surface area contributed by atoms with Gasteiger partial charge in [-0.2, -0.15) is 0 Å². The van der Waals surface area contributed by atoms with E-state index in [1.54, 1.807) is 20.0 Å². The van der Waals surface area contributed by atoms with Gasteiger partial charge in [0.1, 0.15) is 11.4 Å². The third-order valence-corrected chi connectivity index (χ3v) is 5.81. The number of esters is 1. The minimum atomic E-state index is -0.790. The SMILES string of the molecule is Cc1cc(-c2cnc(C(C)C)nc2-c2ccc(CNC(=O)C3CC(=O)OC3(C)C)cc2)on1. The number of nitrogens with zero attached hydrogens (tertiary/aromatic N) is 3. The summed E-state index contributed by atoms with van der Waals surface area (Å²) in [7, 11) is 0. The molecule has 0 saturated carbocycles.